The van der Waals surface area contributed by atoms with Crippen molar-refractivity contribution < 1.29 is 9.53 Å². The van der Waals surface area contributed by atoms with Gasteiger partial charge in [-0.15, -0.1) is 0 Å². The Morgan fingerprint density at radius 3 is 1.15 bits per heavy atom. The lowest BCUT2D eigenvalue weighted by molar-refractivity contribution is -0.147. The molecular weight excluding hydrogens is 416 g/mol. The summed E-state index contributed by atoms with van der Waals surface area (Å²) in [6.45, 7) is 8.56. The van der Waals surface area contributed by atoms with Crippen LogP contribution in [0.1, 0.15) is 188 Å². The molecule has 2 unspecified atom stereocenters. The van der Waals surface area contributed by atoms with Crippen LogP contribution in [-0.4, -0.2) is 12.1 Å². The van der Waals surface area contributed by atoms with Crippen molar-refractivity contribution in [3.63, 3.8) is 0 Å². The van der Waals surface area contributed by atoms with Crippen molar-refractivity contribution in [3.8, 4) is 0 Å². The Morgan fingerprint density at radius 1 is 0.500 bits per heavy atom. The van der Waals surface area contributed by atoms with E-state index in [-0.39, 0.29) is 12.1 Å². The topological polar surface area (TPSA) is 26.3 Å². The summed E-state index contributed by atoms with van der Waals surface area (Å²) >= 11 is 0. The number of hydrogen-bond donors (Lipinski definition) is 0. The maximum absolute atomic E-state index is 11.3. The summed E-state index contributed by atoms with van der Waals surface area (Å²) in [5.74, 6) is 0.825. The molecule has 0 aromatic carbocycles. The van der Waals surface area contributed by atoms with Gasteiger partial charge < -0.3 is 4.74 Å². The predicted molar refractivity (Wildman–Crippen MR) is 151 cm³/mol. The van der Waals surface area contributed by atoms with Crippen molar-refractivity contribution >= 4 is 5.97 Å². The highest BCUT2D eigenvalue weighted by Gasteiger charge is 2.11. The van der Waals surface area contributed by atoms with Crippen molar-refractivity contribution in [1.29, 1.82) is 0 Å². The van der Waals surface area contributed by atoms with E-state index in [1.165, 1.54) is 148 Å². The van der Waals surface area contributed by atoms with E-state index in [9.17, 15) is 4.79 Å². The first-order chi connectivity index (χ1) is 16.6. The Morgan fingerprint density at radius 2 is 0.794 bits per heavy atom. The Balaban J connectivity index is 3.43. The largest absolute Gasteiger partial charge is 0.463 e. The van der Waals surface area contributed by atoms with E-state index < -0.39 is 0 Å². The molecule has 0 aromatic rings. The highest BCUT2D eigenvalue weighted by Crippen LogP contribution is 2.20. The minimum Gasteiger partial charge on any atom is -0.463 e. The Hall–Kier alpha value is -0.530. The molecule has 0 aliphatic carbocycles. The van der Waals surface area contributed by atoms with Crippen molar-refractivity contribution in [1.82, 2.24) is 0 Å². The van der Waals surface area contributed by atoms with E-state index in [1.54, 1.807) is 6.92 Å². The fraction of sp³-hybridized carbons (Fsp3) is 0.969. The summed E-state index contributed by atoms with van der Waals surface area (Å²) in [5, 5.41) is 0. The minimum atomic E-state index is -0.108. The molecule has 34 heavy (non-hydrogen) atoms. The monoisotopic (exact) mass is 480 g/mol. The van der Waals surface area contributed by atoms with Gasteiger partial charge in [0.2, 0.25) is 0 Å². The van der Waals surface area contributed by atoms with Crippen LogP contribution in [0.25, 0.3) is 0 Å². The van der Waals surface area contributed by atoms with E-state index in [0.29, 0.717) is 0 Å². The molecule has 0 radical (unpaired) electrons. The van der Waals surface area contributed by atoms with Crippen molar-refractivity contribution in [2.45, 2.75) is 194 Å². The molecule has 204 valence electrons. The van der Waals surface area contributed by atoms with Crippen molar-refractivity contribution in [2.24, 2.45) is 5.92 Å². The van der Waals surface area contributed by atoms with Gasteiger partial charge >= 0.3 is 5.97 Å². The molecule has 0 spiro atoms. The molecule has 0 bridgehead atoms. The molecule has 0 aromatic heterocycles. The van der Waals surface area contributed by atoms with Gasteiger partial charge in [0, 0.05) is 6.92 Å². The first kappa shape index (κ1) is 33.5. The van der Waals surface area contributed by atoms with Crippen molar-refractivity contribution in [2.75, 3.05) is 0 Å². The summed E-state index contributed by atoms with van der Waals surface area (Å²) in [7, 11) is 0. The smallest absolute Gasteiger partial charge is 0.302 e. The van der Waals surface area contributed by atoms with Gasteiger partial charge in [0.1, 0.15) is 6.10 Å². The second kappa shape index (κ2) is 27.1. The number of ether oxygens (including phenoxy) is 1. The summed E-state index contributed by atoms with van der Waals surface area (Å²) in [4.78, 5) is 11.3. The zero-order valence-corrected chi connectivity index (χ0v) is 24.1. The van der Waals surface area contributed by atoms with Gasteiger partial charge in [0.05, 0.1) is 0 Å². The average Bonchev–Trinajstić information content (AvgIpc) is 2.81. The third-order valence-corrected chi connectivity index (χ3v) is 7.49. The molecular formula is C32H64O2. The molecule has 0 fully saturated rings. The van der Waals surface area contributed by atoms with Gasteiger partial charge in [-0.05, 0) is 31.6 Å². The lowest BCUT2D eigenvalue weighted by atomic mass is 9.95. The molecule has 0 saturated carbocycles. The zero-order chi connectivity index (χ0) is 25.1. The molecule has 0 N–H and O–H groups in total. The number of unbranched alkanes of at least 4 members (excludes halogenated alkanes) is 18. The number of hydrogen-bond acceptors (Lipinski definition) is 2. The normalized spacial score (nSPS) is 13.2. The molecule has 0 aliphatic heterocycles. The van der Waals surface area contributed by atoms with Crippen LogP contribution in [0, 0.1) is 5.92 Å². The van der Waals surface area contributed by atoms with E-state index in [1.807, 2.05) is 0 Å². The van der Waals surface area contributed by atoms with Crippen LogP contribution in [-0.2, 0) is 9.53 Å². The van der Waals surface area contributed by atoms with Gasteiger partial charge in [-0.25, -0.2) is 0 Å². The zero-order valence-electron chi connectivity index (χ0n) is 24.1. The SMILES string of the molecule is CCCCCCCCCCC(C)CCCCCCCCCCCC(CCCCCC)OC(C)=O. The van der Waals surface area contributed by atoms with Gasteiger partial charge in [0.25, 0.3) is 0 Å². The number of carbonyl (C=O) groups is 1. The maximum Gasteiger partial charge on any atom is 0.302 e. The highest BCUT2D eigenvalue weighted by molar-refractivity contribution is 5.66. The van der Waals surface area contributed by atoms with Crippen molar-refractivity contribution in [3.05, 3.63) is 0 Å². The summed E-state index contributed by atoms with van der Waals surface area (Å²) in [6, 6.07) is 0. The van der Waals surface area contributed by atoms with Crippen LogP contribution in [0.5, 0.6) is 0 Å². The lowest BCUT2D eigenvalue weighted by Crippen LogP contribution is -2.16. The Bertz CT molecular complexity index is 406. The standard InChI is InChI=1S/C32H64O2/c1-5-7-9-11-12-16-19-22-26-30(3)27-23-20-17-14-13-15-18-21-25-29-32(34-31(4)33)28-24-10-8-6-2/h30,32H,5-29H2,1-4H3. The maximum atomic E-state index is 11.3. The number of esters is 1. The third-order valence-electron chi connectivity index (χ3n) is 7.49. The van der Waals surface area contributed by atoms with Crippen LogP contribution >= 0.6 is 0 Å². The van der Waals surface area contributed by atoms with Crippen LogP contribution in [0.2, 0.25) is 0 Å². The molecule has 0 rings (SSSR count). The van der Waals surface area contributed by atoms with E-state index in [2.05, 4.69) is 20.8 Å². The fourth-order valence-electron chi connectivity index (χ4n) is 5.17. The van der Waals surface area contributed by atoms with Crippen LogP contribution in [0.3, 0.4) is 0 Å². The first-order valence-electron chi connectivity index (χ1n) is 15.8. The van der Waals surface area contributed by atoms with Crippen LogP contribution in [0.15, 0.2) is 0 Å². The van der Waals surface area contributed by atoms with Gasteiger partial charge in [-0.3, -0.25) is 4.79 Å². The molecule has 0 saturated heterocycles. The van der Waals surface area contributed by atoms with Gasteiger partial charge in [-0.2, -0.15) is 0 Å². The van der Waals surface area contributed by atoms with E-state index >= 15 is 0 Å². The van der Waals surface area contributed by atoms with Gasteiger partial charge in [0.15, 0.2) is 0 Å². The highest BCUT2D eigenvalue weighted by atomic mass is 16.5. The fourth-order valence-corrected chi connectivity index (χ4v) is 5.17. The Labute approximate surface area is 215 Å². The molecule has 2 nitrogen and oxygen atoms in total. The van der Waals surface area contributed by atoms with Crippen LogP contribution < -0.4 is 0 Å². The molecule has 0 heterocycles. The van der Waals surface area contributed by atoms with E-state index in [0.717, 1.165) is 18.8 Å². The molecule has 2 heteroatoms. The van der Waals surface area contributed by atoms with E-state index in [4.69, 9.17) is 4.74 Å². The molecule has 0 amide bonds. The average molecular weight is 481 g/mol. The quantitative estimate of drug-likeness (QED) is 0.0862. The third kappa shape index (κ3) is 26.1. The van der Waals surface area contributed by atoms with Crippen LogP contribution in [0.4, 0.5) is 0 Å². The Kier molecular flexibility index (Phi) is 26.6. The minimum absolute atomic E-state index is 0.108. The summed E-state index contributed by atoms with van der Waals surface area (Å²) < 4.78 is 5.54. The predicted octanol–water partition coefficient (Wildman–Crippen LogP) is 11.3. The molecule has 2 atom stereocenters. The molecule has 0 aliphatic rings. The second-order valence-electron chi connectivity index (χ2n) is 11.2. The first-order valence-corrected chi connectivity index (χ1v) is 15.8. The summed E-state index contributed by atoms with van der Waals surface area (Å²) in [6.07, 6.45) is 34.1. The van der Waals surface area contributed by atoms with Gasteiger partial charge in [-0.1, -0.05) is 156 Å². The second-order valence-corrected chi connectivity index (χ2v) is 11.2. The number of rotatable bonds is 27. The lowest BCUT2D eigenvalue weighted by Gasteiger charge is -2.17. The summed E-state index contributed by atoms with van der Waals surface area (Å²) in [5.41, 5.74) is 0. The number of carbonyl (C=O) groups excluding carboxylic acids is 1.